The maximum atomic E-state index is 4.72. The zero-order chi connectivity index (χ0) is 39.6. The maximum Gasteiger partial charge on any atom is 1.00 e. The standard InChI is InChI=1S/2C14H30N3.C13H28N3.3Cu/c1-8-13(16-14(5,6)7)15-12(4)11-17(9-2)10-3;1-8-13(16-14(5,6)7)15-11-12(4)17(9-2)10-3;1-7-12(15-13(4,5)6)14-10-11-16(8-2)9-3;;;/h2*12H,8-11H2,1-7H3;7-11H2,1-6H3;;;/q3*-1;3*+1. The van der Waals surface area contributed by atoms with Crippen LogP contribution >= 0.6 is 0 Å². The molecule has 2 unspecified atom stereocenters. The summed E-state index contributed by atoms with van der Waals surface area (Å²) < 4.78 is 0. The van der Waals surface area contributed by atoms with Crippen molar-refractivity contribution in [2.45, 2.75) is 186 Å². The summed E-state index contributed by atoms with van der Waals surface area (Å²) in [6, 6.07) is 0.831. The second-order valence-electron chi connectivity index (χ2n) is 15.9. The van der Waals surface area contributed by atoms with Crippen LogP contribution in [-0.4, -0.2) is 126 Å². The van der Waals surface area contributed by atoms with E-state index in [1.807, 2.05) is 0 Å². The minimum absolute atomic E-state index is 0. The summed E-state index contributed by atoms with van der Waals surface area (Å²) in [7, 11) is 0. The Balaban J connectivity index is -0.000000152. The van der Waals surface area contributed by atoms with Crippen molar-refractivity contribution in [3.05, 3.63) is 16.0 Å². The predicted molar refractivity (Wildman–Crippen MR) is 230 cm³/mol. The van der Waals surface area contributed by atoms with Gasteiger partial charge in [0.15, 0.2) is 0 Å². The van der Waals surface area contributed by atoms with Crippen LogP contribution in [0.4, 0.5) is 0 Å². The van der Waals surface area contributed by atoms with Crippen molar-refractivity contribution in [1.29, 1.82) is 0 Å². The molecular formula is C41H88Cu3N9. The van der Waals surface area contributed by atoms with E-state index in [-0.39, 0.29) is 67.8 Å². The van der Waals surface area contributed by atoms with Crippen molar-refractivity contribution in [2.24, 2.45) is 15.0 Å². The Labute approximate surface area is 364 Å². The molecular weight excluding hydrogens is 809 g/mol. The smallest absolute Gasteiger partial charge is 0.468 e. The van der Waals surface area contributed by atoms with Gasteiger partial charge in [0.25, 0.3) is 0 Å². The van der Waals surface area contributed by atoms with Crippen molar-refractivity contribution in [3.8, 4) is 0 Å². The Morgan fingerprint density at radius 3 is 1.19 bits per heavy atom. The van der Waals surface area contributed by atoms with Gasteiger partial charge in [-0.25, -0.2) is 0 Å². The fraction of sp³-hybridized carbons (Fsp3) is 0.927. The van der Waals surface area contributed by atoms with E-state index in [0.29, 0.717) is 12.1 Å². The molecule has 0 spiro atoms. The first-order chi connectivity index (χ1) is 23.1. The van der Waals surface area contributed by atoms with Crippen LogP contribution in [0.1, 0.15) is 158 Å². The van der Waals surface area contributed by atoms with Crippen LogP contribution in [0.2, 0.25) is 0 Å². The van der Waals surface area contributed by atoms with Gasteiger partial charge in [0.2, 0.25) is 0 Å². The Morgan fingerprint density at radius 2 is 0.868 bits per heavy atom. The van der Waals surface area contributed by atoms with Crippen LogP contribution in [-0.2, 0) is 51.2 Å². The number of hydrogen-bond donors (Lipinski definition) is 0. The molecule has 330 valence electrons. The third kappa shape index (κ3) is 41.3. The molecule has 0 aliphatic rings. The van der Waals surface area contributed by atoms with Crippen molar-refractivity contribution < 1.29 is 51.2 Å². The van der Waals surface area contributed by atoms with E-state index in [2.05, 4.69) is 179 Å². The van der Waals surface area contributed by atoms with Crippen molar-refractivity contribution in [1.82, 2.24) is 14.7 Å². The van der Waals surface area contributed by atoms with Gasteiger partial charge in [-0.2, -0.15) is 0 Å². The summed E-state index contributed by atoms with van der Waals surface area (Å²) >= 11 is 0. The minimum Gasteiger partial charge on any atom is -0.468 e. The van der Waals surface area contributed by atoms with Gasteiger partial charge in [-0.3, -0.25) is 0 Å². The van der Waals surface area contributed by atoms with Crippen LogP contribution in [0.5, 0.6) is 0 Å². The zero-order valence-electron chi connectivity index (χ0n) is 38.3. The minimum atomic E-state index is -0.0240. The third-order valence-corrected chi connectivity index (χ3v) is 7.71. The molecule has 0 aliphatic heterocycles. The third-order valence-electron chi connectivity index (χ3n) is 7.71. The Hall–Kier alpha value is -0.152. The van der Waals surface area contributed by atoms with E-state index in [4.69, 9.17) is 5.32 Å². The van der Waals surface area contributed by atoms with Crippen molar-refractivity contribution in [2.75, 3.05) is 65.4 Å². The second-order valence-corrected chi connectivity index (χ2v) is 15.9. The van der Waals surface area contributed by atoms with Gasteiger partial charge >= 0.3 is 51.2 Å². The zero-order valence-corrected chi connectivity index (χ0v) is 41.1. The molecule has 0 aromatic heterocycles. The number of aliphatic imine (C=N–C) groups is 3. The van der Waals surface area contributed by atoms with E-state index < -0.39 is 0 Å². The van der Waals surface area contributed by atoms with Gasteiger partial charge in [0, 0.05) is 6.04 Å². The maximum absolute atomic E-state index is 4.72. The van der Waals surface area contributed by atoms with Crippen molar-refractivity contribution >= 4 is 17.5 Å². The summed E-state index contributed by atoms with van der Waals surface area (Å²) in [6.45, 7) is 53.3. The molecule has 9 nitrogen and oxygen atoms in total. The van der Waals surface area contributed by atoms with Gasteiger partial charge in [0.05, 0.1) is 0 Å². The first-order valence-electron chi connectivity index (χ1n) is 20.1. The first-order valence-corrected chi connectivity index (χ1v) is 20.1. The number of nitrogens with zero attached hydrogens (tertiary/aromatic N) is 9. The molecule has 0 fully saturated rings. The molecule has 0 bridgehead atoms. The molecule has 0 saturated carbocycles. The quantitative estimate of drug-likeness (QED) is 0.0780. The summed E-state index contributed by atoms with van der Waals surface area (Å²) in [4.78, 5) is 21.1. The summed E-state index contributed by atoms with van der Waals surface area (Å²) in [5.41, 5.74) is -0.0545. The van der Waals surface area contributed by atoms with Gasteiger partial charge in [-0.1, -0.05) is 149 Å². The average Bonchev–Trinajstić information content (AvgIpc) is 3.02. The van der Waals surface area contributed by atoms with Gasteiger partial charge in [0.1, 0.15) is 0 Å². The average molecular weight is 898 g/mol. The molecule has 0 aromatic carbocycles. The van der Waals surface area contributed by atoms with Crippen LogP contribution in [0.15, 0.2) is 15.0 Å². The van der Waals surface area contributed by atoms with Crippen LogP contribution in [0.3, 0.4) is 0 Å². The number of likely N-dealkylation sites (N-methyl/N-ethyl adjacent to an activating group) is 3. The normalized spacial score (nSPS) is 13.8. The molecule has 0 radical (unpaired) electrons. The number of rotatable bonds is 18. The molecule has 0 aromatic rings. The molecule has 0 heterocycles. The van der Waals surface area contributed by atoms with E-state index in [1.54, 1.807) is 0 Å². The SMILES string of the molecule is CCC(=NC(C)(C)C)[N-]C(C)CN(CC)CC.CCC(=NC(C)(C)C)[N-]CC(C)N(CC)CC.CCC(=NC(C)(C)C)[N-]CCN(CC)CC.[Cu+].[Cu+].[Cu+]. The number of hydrogen-bond acceptors (Lipinski definition) is 6. The number of amidine groups is 3. The molecule has 0 saturated heterocycles. The summed E-state index contributed by atoms with van der Waals surface area (Å²) in [5, 5.41) is 13.9. The topological polar surface area (TPSA) is 89.1 Å². The van der Waals surface area contributed by atoms with Crippen LogP contribution in [0, 0.1) is 0 Å². The van der Waals surface area contributed by atoms with Crippen LogP contribution in [0.25, 0.3) is 16.0 Å². The van der Waals surface area contributed by atoms with Crippen LogP contribution < -0.4 is 0 Å². The molecule has 0 rings (SSSR count). The molecule has 0 amide bonds. The molecule has 2 atom stereocenters. The van der Waals surface area contributed by atoms with E-state index in [9.17, 15) is 0 Å². The monoisotopic (exact) mass is 896 g/mol. The van der Waals surface area contributed by atoms with E-state index >= 15 is 0 Å². The van der Waals surface area contributed by atoms with Gasteiger partial charge < -0.3 is 45.6 Å². The summed E-state index contributed by atoms with van der Waals surface area (Å²) in [6.07, 6.45) is 2.76. The second kappa shape index (κ2) is 36.2. The van der Waals surface area contributed by atoms with Gasteiger partial charge in [-0.15, -0.1) is 0 Å². The Kier molecular flexibility index (Phi) is 44.2. The largest absolute Gasteiger partial charge is 1.00 e. The molecule has 0 aliphatic carbocycles. The predicted octanol–water partition coefficient (Wildman–Crippen LogP) is 10.7. The molecule has 53 heavy (non-hydrogen) atoms. The summed E-state index contributed by atoms with van der Waals surface area (Å²) in [5.74, 6) is 2.99. The van der Waals surface area contributed by atoms with E-state index in [1.165, 1.54) is 0 Å². The van der Waals surface area contributed by atoms with E-state index in [0.717, 1.165) is 102 Å². The van der Waals surface area contributed by atoms with Crippen molar-refractivity contribution in [3.63, 3.8) is 0 Å². The van der Waals surface area contributed by atoms with Gasteiger partial charge in [-0.05, 0) is 114 Å². The Bertz CT molecular complexity index is 896. The molecule has 0 N–H and O–H groups in total. The fourth-order valence-corrected chi connectivity index (χ4v) is 5.02. The fourth-order valence-electron chi connectivity index (χ4n) is 5.02. The first kappa shape index (κ1) is 64.7. The molecule has 12 heteroatoms. The Morgan fingerprint density at radius 1 is 0.509 bits per heavy atom.